The third kappa shape index (κ3) is 4.04. The Morgan fingerprint density at radius 3 is 2.38 bits per heavy atom. The molecule has 0 atom stereocenters. The number of carbonyl (C=O) groups is 2. The molecule has 0 bridgehead atoms. The smallest absolute Gasteiger partial charge is 0.338 e. The largest absolute Gasteiger partial charge is 0.497 e. The number of rotatable bonds is 6. The minimum Gasteiger partial charge on any atom is -0.497 e. The van der Waals surface area contributed by atoms with Crippen LogP contribution in [0.5, 0.6) is 5.75 Å². The first-order chi connectivity index (χ1) is 11.6. The molecule has 0 fully saturated rings. The zero-order valence-corrected chi connectivity index (χ0v) is 13.8. The SMILES string of the molecule is COC(=O)c1cccc(NCc2cc(OC)ccc2C(=O)OC)c1. The summed E-state index contributed by atoms with van der Waals surface area (Å²) in [5, 5.41) is 3.18. The predicted molar refractivity (Wildman–Crippen MR) is 89.4 cm³/mol. The lowest BCUT2D eigenvalue weighted by Crippen LogP contribution is -2.10. The first kappa shape index (κ1) is 17.3. The molecule has 0 aliphatic rings. The second-order valence-corrected chi connectivity index (χ2v) is 4.94. The molecule has 1 N–H and O–H groups in total. The molecule has 0 radical (unpaired) electrons. The van der Waals surface area contributed by atoms with Gasteiger partial charge in [0.1, 0.15) is 5.75 Å². The lowest BCUT2D eigenvalue weighted by molar-refractivity contribution is 0.0591. The van der Waals surface area contributed by atoms with Gasteiger partial charge in [-0.05, 0) is 42.0 Å². The van der Waals surface area contributed by atoms with Crippen molar-refractivity contribution in [1.82, 2.24) is 0 Å². The molecular weight excluding hydrogens is 310 g/mol. The highest BCUT2D eigenvalue weighted by Gasteiger charge is 2.13. The maximum atomic E-state index is 11.9. The Bertz CT molecular complexity index is 742. The number of nitrogens with one attached hydrogen (secondary N) is 1. The summed E-state index contributed by atoms with van der Waals surface area (Å²) in [5.74, 6) is -0.184. The summed E-state index contributed by atoms with van der Waals surface area (Å²) >= 11 is 0. The Morgan fingerprint density at radius 1 is 0.958 bits per heavy atom. The zero-order chi connectivity index (χ0) is 17.5. The Labute approximate surface area is 140 Å². The zero-order valence-electron chi connectivity index (χ0n) is 13.8. The number of methoxy groups -OCH3 is 3. The van der Waals surface area contributed by atoms with E-state index in [-0.39, 0.29) is 0 Å². The number of hydrogen-bond donors (Lipinski definition) is 1. The van der Waals surface area contributed by atoms with E-state index in [1.165, 1.54) is 14.2 Å². The second kappa shape index (κ2) is 8.01. The van der Waals surface area contributed by atoms with Gasteiger partial charge in [-0.3, -0.25) is 0 Å². The molecule has 0 aromatic heterocycles. The van der Waals surface area contributed by atoms with E-state index >= 15 is 0 Å². The van der Waals surface area contributed by atoms with Crippen molar-refractivity contribution in [2.75, 3.05) is 26.6 Å². The molecule has 0 saturated carbocycles. The van der Waals surface area contributed by atoms with Crippen LogP contribution in [0.4, 0.5) is 5.69 Å². The van der Waals surface area contributed by atoms with E-state index in [1.807, 2.05) is 6.07 Å². The summed E-state index contributed by atoms with van der Waals surface area (Å²) in [4.78, 5) is 23.5. The van der Waals surface area contributed by atoms with Crippen LogP contribution in [0.1, 0.15) is 26.3 Å². The van der Waals surface area contributed by atoms with E-state index in [1.54, 1.807) is 43.5 Å². The molecule has 2 rings (SSSR count). The van der Waals surface area contributed by atoms with Crippen LogP contribution in [-0.4, -0.2) is 33.3 Å². The van der Waals surface area contributed by atoms with Crippen molar-refractivity contribution in [3.8, 4) is 5.75 Å². The number of benzene rings is 2. The third-order valence-corrected chi connectivity index (χ3v) is 3.48. The van der Waals surface area contributed by atoms with Crippen molar-refractivity contribution in [3.63, 3.8) is 0 Å². The van der Waals surface area contributed by atoms with Crippen LogP contribution in [-0.2, 0) is 16.0 Å². The average Bonchev–Trinajstić information content (AvgIpc) is 2.64. The van der Waals surface area contributed by atoms with Gasteiger partial charge in [-0.1, -0.05) is 6.07 Å². The minimum absolute atomic E-state index is 0.367. The first-order valence-electron chi connectivity index (χ1n) is 7.26. The molecule has 2 aromatic carbocycles. The van der Waals surface area contributed by atoms with Gasteiger partial charge in [0.05, 0.1) is 32.5 Å². The van der Waals surface area contributed by atoms with Crippen molar-refractivity contribution >= 4 is 17.6 Å². The molecule has 2 aromatic rings. The average molecular weight is 329 g/mol. The van der Waals surface area contributed by atoms with Crippen LogP contribution >= 0.6 is 0 Å². The van der Waals surface area contributed by atoms with E-state index in [0.29, 0.717) is 23.4 Å². The summed E-state index contributed by atoms with van der Waals surface area (Å²) in [6.07, 6.45) is 0. The monoisotopic (exact) mass is 329 g/mol. The van der Waals surface area contributed by atoms with Gasteiger partial charge in [-0.2, -0.15) is 0 Å². The molecule has 0 amide bonds. The predicted octanol–water partition coefficient (Wildman–Crippen LogP) is 2.88. The van der Waals surface area contributed by atoms with Gasteiger partial charge in [0, 0.05) is 12.2 Å². The molecule has 24 heavy (non-hydrogen) atoms. The number of anilines is 1. The highest BCUT2D eigenvalue weighted by atomic mass is 16.5. The van der Waals surface area contributed by atoms with Gasteiger partial charge in [-0.15, -0.1) is 0 Å². The molecule has 6 heteroatoms. The highest BCUT2D eigenvalue weighted by molar-refractivity contribution is 5.91. The molecule has 0 heterocycles. The van der Waals surface area contributed by atoms with E-state index in [9.17, 15) is 9.59 Å². The third-order valence-electron chi connectivity index (χ3n) is 3.48. The van der Waals surface area contributed by atoms with Crippen LogP contribution in [0, 0.1) is 0 Å². The maximum absolute atomic E-state index is 11.9. The van der Waals surface area contributed by atoms with Crippen LogP contribution in [0.3, 0.4) is 0 Å². The topological polar surface area (TPSA) is 73.9 Å². The molecule has 126 valence electrons. The van der Waals surface area contributed by atoms with Crippen molar-refractivity contribution in [2.45, 2.75) is 6.54 Å². The van der Waals surface area contributed by atoms with Gasteiger partial charge < -0.3 is 19.5 Å². The van der Waals surface area contributed by atoms with Crippen LogP contribution in [0.25, 0.3) is 0 Å². The number of esters is 2. The molecule has 0 saturated heterocycles. The summed E-state index contributed by atoms with van der Waals surface area (Å²) < 4.78 is 14.7. The number of hydrogen-bond acceptors (Lipinski definition) is 6. The summed E-state index contributed by atoms with van der Waals surface area (Å²) in [6.45, 7) is 0.367. The minimum atomic E-state index is -0.419. The van der Waals surface area contributed by atoms with Crippen LogP contribution in [0.2, 0.25) is 0 Å². The number of carbonyl (C=O) groups excluding carboxylic acids is 2. The van der Waals surface area contributed by atoms with E-state index in [0.717, 1.165) is 11.3 Å². The Balaban J connectivity index is 2.22. The summed E-state index contributed by atoms with van der Waals surface area (Å²) in [7, 11) is 4.23. The van der Waals surface area contributed by atoms with Crippen molar-refractivity contribution in [1.29, 1.82) is 0 Å². The van der Waals surface area contributed by atoms with Crippen LogP contribution < -0.4 is 10.1 Å². The van der Waals surface area contributed by atoms with Gasteiger partial charge in [0.25, 0.3) is 0 Å². The fourth-order valence-electron chi connectivity index (χ4n) is 2.22. The van der Waals surface area contributed by atoms with E-state index in [2.05, 4.69) is 5.32 Å². The Morgan fingerprint density at radius 2 is 1.71 bits per heavy atom. The normalized spacial score (nSPS) is 9.96. The molecule has 0 spiro atoms. The maximum Gasteiger partial charge on any atom is 0.338 e. The van der Waals surface area contributed by atoms with Crippen molar-refractivity contribution in [3.05, 3.63) is 59.2 Å². The van der Waals surface area contributed by atoms with Gasteiger partial charge in [-0.25, -0.2) is 9.59 Å². The van der Waals surface area contributed by atoms with Crippen molar-refractivity contribution < 1.29 is 23.8 Å². The summed E-state index contributed by atoms with van der Waals surface area (Å²) in [5.41, 5.74) is 2.36. The fourth-order valence-corrected chi connectivity index (χ4v) is 2.22. The second-order valence-electron chi connectivity index (χ2n) is 4.94. The van der Waals surface area contributed by atoms with Gasteiger partial charge in [0.15, 0.2) is 0 Å². The molecule has 0 aliphatic carbocycles. The fraction of sp³-hybridized carbons (Fsp3) is 0.222. The van der Waals surface area contributed by atoms with Gasteiger partial charge in [0.2, 0.25) is 0 Å². The molecule has 0 aliphatic heterocycles. The number of ether oxygens (including phenoxy) is 3. The molecule has 0 unspecified atom stereocenters. The first-order valence-corrected chi connectivity index (χ1v) is 7.26. The lowest BCUT2D eigenvalue weighted by atomic mass is 10.1. The lowest BCUT2D eigenvalue weighted by Gasteiger charge is -2.12. The molecular formula is C18H19NO5. The Hall–Kier alpha value is -3.02. The van der Waals surface area contributed by atoms with Gasteiger partial charge >= 0.3 is 11.9 Å². The van der Waals surface area contributed by atoms with Crippen LogP contribution in [0.15, 0.2) is 42.5 Å². The van der Waals surface area contributed by atoms with E-state index in [4.69, 9.17) is 14.2 Å². The quantitative estimate of drug-likeness (QED) is 0.822. The standard InChI is InChI=1S/C18H19NO5/c1-22-15-7-8-16(18(21)24-3)13(10-15)11-19-14-6-4-5-12(9-14)17(20)23-2/h4-10,19H,11H2,1-3H3. The molecule has 6 nitrogen and oxygen atoms in total. The van der Waals surface area contributed by atoms with E-state index < -0.39 is 11.9 Å². The van der Waals surface area contributed by atoms with Crippen molar-refractivity contribution in [2.24, 2.45) is 0 Å². The Kier molecular flexibility index (Phi) is 5.78. The summed E-state index contributed by atoms with van der Waals surface area (Å²) in [6, 6.07) is 12.1. The highest BCUT2D eigenvalue weighted by Crippen LogP contribution is 2.20.